The van der Waals surface area contributed by atoms with Crippen LogP contribution in [0.5, 0.6) is 0 Å². The van der Waals surface area contributed by atoms with E-state index in [2.05, 4.69) is 0 Å². The minimum atomic E-state index is 0.0410. The van der Waals surface area contributed by atoms with E-state index in [1.165, 1.54) is 24.8 Å². The summed E-state index contributed by atoms with van der Waals surface area (Å²) in [5, 5.41) is 0. The number of hydrogen-bond acceptors (Lipinski definition) is 1. The van der Waals surface area contributed by atoms with Crippen LogP contribution in [0.1, 0.15) is 30.7 Å². The van der Waals surface area contributed by atoms with Crippen LogP contribution in [0, 0.1) is 0 Å². The number of nitrogens with zero attached hydrogens (tertiary/aromatic N) is 1. The van der Waals surface area contributed by atoms with E-state index in [-0.39, 0.29) is 5.56 Å². The molecule has 1 fully saturated rings. The maximum atomic E-state index is 11.9. The fraction of sp³-hybridized carbons (Fsp3) is 0.267. The predicted octanol–water partition coefficient (Wildman–Crippen LogP) is 3.11. The van der Waals surface area contributed by atoms with Crippen LogP contribution in [0.15, 0.2) is 53.5 Å². The summed E-state index contributed by atoms with van der Waals surface area (Å²) in [5.74, 6) is 0.658. The molecule has 0 saturated heterocycles. The molecule has 0 amide bonds. The van der Waals surface area contributed by atoms with Gasteiger partial charge in [-0.15, -0.1) is 0 Å². The van der Waals surface area contributed by atoms with Crippen LogP contribution in [0.3, 0.4) is 0 Å². The highest BCUT2D eigenvalue weighted by Crippen LogP contribution is 2.35. The SMILES string of the molecule is O=c1ccc(C2CCC2)cn1-c1ccccc1. The number of aromatic nitrogens is 1. The molecule has 1 aromatic heterocycles. The van der Waals surface area contributed by atoms with Crippen molar-refractivity contribution in [1.29, 1.82) is 0 Å². The van der Waals surface area contributed by atoms with E-state index in [9.17, 15) is 4.79 Å². The number of pyridine rings is 1. The van der Waals surface area contributed by atoms with Crippen LogP contribution >= 0.6 is 0 Å². The van der Waals surface area contributed by atoms with Gasteiger partial charge >= 0.3 is 0 Å². The summed E-state index contributed by atoms with van der Waals surface area (Å²) >= 11 is 0. The lowest BCUT2D eigenvalue weighted by atomic mass is 9.81. The fourth-order valence-electron chi connectivity index (χ4n) is 2.28. The molecule has 3 rings (SSSR count). The molecular weight excluding hydrogens is 210 g/mol. The third-order valence-electron chi connectivity index (χ3n) is 3.54. The second kappa shape index (κ2) is 4.21. The molecule has 0 bridgehead atoms. The Bertz CT molecular complexity index is 567. The Morgan fingerprint density at radius 1 is 1.00 bits per heavy atom. The van der Waals surface area contributed by atoms with E-state index in [0.29, 0.717) is 5.92 Å². The molecule has 1 aromatic carbocycles. The third kappa shape index (κ3) is 1.91. The van der Waals surface area contributed by atoms with Crippen molar-refractivity contribution in [2.75, 3.05) is 0 Å². The van der Waals surface area contributed by atoms with Crippen molar-refractivity contribution < 1.29 is 0 Å². The van der Waals surface area contributed by atoms with Crippen LogP contribution in [0.25, 0.3) is 5.69 Å². The first-order valence-electron chi connectivity index (χ1n) is 6.12. The molecule has 0 N–H and O–H groups in total. The molecule has 0 unspecified atom stereocenters. The Morgan fingerprint density at radius 2 is 1.76 bits per heavy atom. The van der Waals surface area contributed by atoms with Gasteiger partial charge < -0.3 is 0 Å². The molecule has 0 spiro atoms. The highest BCUT2D eigenvalue weighted by atomic mass is 16.1. The Hall–Kier alpha value is -1.83. The van der Waals surface area contributed by atoms with Crippen LogP contribution < -0.4 is 5.56 Å². The highest BCUT2D eigenvalue weighted by molar-refractivity contribution is 5.33. The lowest BCUT2D eigenvalue weighted by molar-refractivity contribution is 0.418. The second-order valence-corrected chi connectivity index (χ2v) is 4.63. The van der Waals surface area contributed by atoms with Crippen molar-refractivity contribution in [3.05, 3.63) is 64.6 Å². The Kier molecular flexibility index (Phi) is 2.56. The van der Waals surface area contributed by atoms with Gasteiger partial charge in [-0.05, 0) is 36.5 Å². The molecule has 86 valence electrons. The Labute approximate surface area is 101 Å². The van der Waals surface area contributed by atoms with Gasteiger partial charge in [-0.1, -0.05) is 30.7 Å². The van der Waals surface area contributed by atoms with Crippen molar-refractivity contribution >= 4 is 0 Å². The van der Waals surface area contributed by atoms with Crippen molar-refractivity contribution in [1.82, 2.24) is 4.57 Å². The summed E-state index contributed by atoms with van der Waals surface area (Å²) in [5.41, 5.74) is 2.28. The highest BCUT2D eigenvalue weighted by Gasteiger charge is 2.20. The minimum Gasteiger partial charge on any atom is -0.284 e. The summed E-state index contributed by atoms with van der Waals surface area (Å²) in [4.78, 5) is 11.9. The predicted molar refractivity (Wildman–Crippen MR) is 68.6 cm³/mol. The molecular formula is C15H15NO. The van der Waals surface area contributed by atoms with Gasteiger partial charge in [-0.25, -0.2) is 0 Å². The van der Waals surface area contributed by atoms with Crippen LogP contribution in [-0.2, 0) is 0 Å². The molecule has 1 saturated carbocycles. The van der Waals surface area contributed by atoms with E-state index in [1.54, 1.807) is 10.6 Å². The third-order valence-corrected chi connectivity index (χ3v) is 3.54. The van der Waals surface area contributed by atoms with Crippen molar-refractivity contribution in [3.8, 4) is 5.69 Å². The second-order valence-electron chi connectivity index (χ2n) is 4.63. The quantitative estimate of drug-likeness (QED) is 0.769. The lowest BCUT2D eigenvalue weighted by Crippen LogP contribution is -2.19. The van der Waals surface area contributed by atoms with Crippen molar-refractivity contribution in [2.24, 2.45) is 0 Å². The number of benzene rings is 1. The molecule has 0 atom stereocenters. The van der Waals surface area contributed by atoms with E-state index >= 15 is 0 Å². The van der Waals surface area contributed by atoms with Gasteiger partial charge in [0.05, 0.1) is 0 Å². The zero-order valence-electron chi connectivity index (χ0n) is 9.67. The molecule has 0 aliphatic heterocycles. The first kappa shape index (κ1) is 10.3. The molecule has 1 heterocycles. The van der Waals surface area contributed by atoms with Crippen LogP contribution in [-0.4, -0.2) is 4.57 Å². The van der Waals surface area contributed by atoms with E-state index < -0.39 is 0 Å². The first-order chi connectivity index (χ1) is 8.34. The summed E-state index contributed by atoms with van der Waals surface area (Å²) in [6.45, 7) is 0. The van der Waals surface area contributed by atoms with Crippen LogP contribution in [0.4, 0.5) is 0 Å². The number of para-hydroxylation sites is 1. The molecule has 17 heavy (non-hydrogen) atoms. The number of hydrogen-bond donors (Lipinski definition) is 0. The van der Waals surface area contributed by atoms with Gasteiger partial charge in [0, 0.05) is 18.0 Å². The minimum absolute atomic E-state index is 0.0410. The standard InChI is InChI=1S/C15H15NO/c17-15-10-9-13(12-5-4-6-12)11-16(15)14-7-2-1-3-8-14/h1-3,7-12H,4-6H2. The fourth-order valence-corrected chi connectivity index (χ4v) is 2.28. The summed E-state index contributed by atoms with van der Waals surface area (Å²) < 4.78 is 1.74. The topological polar surface area (TPSA) is 22.0 Å². The molecule has 1 aliphatic rings. The largest absolute Gasteiger partial charge is 0.284 e. The van der Waals surface area contributed by atoms with Gasteiger partial charge in [0.15, 0.2) is 0 Å². The smallest absolute Gasteiger partial charge is 0.255 e. The normalized spacial score (nSPS) is 15.5. The van der Waals surface area contributed by atoms with Crippen molar-refractivity contribution in [2.45, 2.75) is 25.2 Å². The van der Waals surface area contributed by atoms with Crippen molar-refractivity contribution in [3.63, 3.8) is 0 Å². The molecule has 2 aromatic rings. The van der Waals surface area contributed by atoms with Gasteiger partial charge in [0.2, 0.25) is 0 Å². The van der Waals surface area contributed by atoms with E-state index in [4.69, 9.17) is 0 Å². The average Bonchev–Trinajstić information content (AvgIpc) is 2.30. The zero-order chi connectivity index (χ0) is 11.7. The number of rotatable bonds is 2. The molecule has 2 nitrogen and oxygen atoms in total. The first-order valence-corrected chi connectivity index (χ1v) is 6.12. The lowest BCUT2D eigenvalue weighted by Gasteiger charge is -2.26. The Morgan fingerprint density at radius 3 is 2.41 bits per heavy atom. The Balaban J connectivity index is 2.06. The zero-order valence-corrected chi connectivity index (χ0v) is 9.67. The summed E-state index contributed by atoms with van der Waals surface area (Å²) in [6.07, 6.45) is 5.83. The van der Waals surface area contributed by atoms with Gasteiger partial charge in [-0.3, -0.25) is 9.36 Å². The molecule has 2 heteroatoms. The average molecular weight is 225 g/mol. The summed E-state index contributed by atoms with van der Waals surface area (Å²) in [6, 6.07) is 13.5. The maximum absolute atomic E-state index is 11.9. The monoisotopic (exact) mass is 225 g/mol. The molecule has 0 radical (unpaired) electrons. The van der Waals surface area contributed by atoms with E-state index in [0.717, 1.165) is 5.69 Å². The van der Waals surface area contributed by atoms with Gasteiger partial charge in [0.25, 0.3) is 5.56 Å². The molecule has 1 aliphatic carbocycles. The van der Waals surface area contributed by atoms with E-state index in [1.807, 2.05) is 42.6 Å². The van der Waals surface area contributed by atoms with Crippen LogP contribution in [0.2, 0.25) is 0 Å². The van der Waals surface area contributed by atoms with Gasteiger partial charge in [0.1, 0.15) is 0 Å². The van der Waals surface area contributed by atoms with Gasteiger partial charge in [-0.2, -0.15) is 0 Å². The maximum Gasteiger partial charge on any atom is 0.255 e. The summed E-state index contributed by atoms with van der Waals surface area (Å²) in [7, 11) is 0.